The highest BCUT2D eigenvalue weighted by molar-refractivity contribution is 6.32. The predicted octanol–water partition coefficient (Wildman–Crippen LogP) is 2.76. The molecule has 2 heterocycles. The molecule has 4 heteroatoms. The fourth-order valence-corrected chi connectivity index (χ4v) is 3.62. The molecule has 3 rings (SSSR count). The molecule has 2 atom stereocenters. The molecule has 3 nitrogen and oxygen atoms in total. The number of hydrogen-bond acceptors (Lipinski definition) is 3. The number of rotatable bonds is 3. The van der Waals surface area contributed by atoms with Crippen LogP contribution in [0.5, 0.6) is 5.75 Å². The molecular weight excluding hydrogens is 260 g/mol. The van der Waals surface area contributed by atoms with Crippen molar-refractivity contribution in [1.29, 1.82) is 0 Å². The van der Waals surface area contributed by atoms with Crippen LogP contribution in [-0.4, -0.2) is 35.2 Å². The number of phenolic OH excluding ortho intramolecular Hbond substituents is 1. The number of benzene rings is 1. The van der Waals surface area contributed by atoms with Crippen LogP contribution in [-0.2, 0) is 6.54 Å². The lowest BCUT2D eigenvalue weighted by Gasteiger charge is -2.32. The zero-order valence-electron chi connectivity index (χ0n) is 11.1. The maximum atomic E-state index is 9.92. The summed E-state index contributed by atoms with van der Waals surface area (Å²) in [5.41, 5.74) is 0.891. The van der Waals surface area contributed by atoms with Crippen molar-refractivity contribution in [2.45, 2.75) is 44.3 Å². The van der Waals surface area contributed by atoms with Crippen molar-refractivity contribution in [3.05, 3.63) is 28.8 Å². The largest absolute Gasteiger partial charge is 0.506 e. The van der Waals surface area contributed by atoms with Gasteiger partial charge in [0.15, 0.2) is 0 Å². The number of nitrogens with zero attached hydrogens (tertiary/aromatic N) is 1. The quantitative estimate of drug-likeness (QED) is 0.894. The Kier molecular flexibility index (Phi) is 3.96. The number of phenols is 1. The maximum absolute atomic E-state index is 9.92. The lowest BCUT2D eigenvalue weighted by Crippen LogP contribution is -2.44. The van der Waals surface area contributed by atoms with Gasteiger partial charge in [-0.25, -0.2) is 0 Å². The van der Waals surface area contributed by atoms with E-state index in [0.29, 0.717) is 23.7 Å². The summed E-state index contributed by atoms with van der Waals surface area (Å²) in [5.74, 6) is 0.218. The van der Waals surface area contributed by atoms with Crippen molar-refractivity contribution in [1.82, 2.24) is 10.2 Å². The van der Waals surface area contributed by atoms with Crippen molar-refractivity contribution in [3.63, 3.8) is 0 Å². The molecule has 2 unspecified atom stereocenters. The van der Waals surface area contributed by atoms with Crippen LogP contribution < -0.4 is 5.32 Å². The number of aromatic hydroxyl groups is 1. The Labute approximate surface area is 119 Å². The Bertz CT molecular complexity index is 452. The minimum atomic E-state index is 0.218. The van der Waals surface area contributed by atoms with Gasteiger partial charge in [-0.2, -0.15) is 0 Å². The molecule has 2 aliphatic heterocycles. The lowest BCUT2D eigenvalue weighted by molar-refractivity contribution is 0.180. The third kappa shape index (κ3) is 2.73. The molecule has 1 aromatic rings. The van der Waals surface area contributed by atoms with E-state index < -0.39 is 0 Å². The lowest BCUT2D eigenvalue weighted by atomic mass is 9.99. The number of para-hydroxylation sites is 1. The molecule has 2 fully saturated rings. The Morgan fingerprint density at radius 2 is 2.16 bits per heavy atom. The van der Waals surface area contributed by atoms with E-state index in [2.05, 4.69) is 10.2 Å². The summed E-state index contributed by atoms with van der Waals surface area (Å²) in [6, 6.07) is 6.79. The van der Waals surface area contributed by atoms with Gasteiger partial charge in [-0.3, -0.25) is 4.90 Å². The molecular formula is C15H21ClN2O. The number of hydrogen-bond donors (Lipinski definition) is 2. The summed E-state index contributed by atoms with van der Waals surface area (Å²) in [6.07, 6.45) is 5.21. The van der Waals surface area contributed by atoms with Gasteiger partial charge >= 0.3 is 0 Å². The summed E-state index contributed by atoms with van der Waals surface area (Å²) >= 11 is 5.93. The van der Waals surface area contributed by atoms with Crippen LogP contribution >= 0.6 is 11.6 Å². The number of piperidine rings is 1. The fourth-order valence-electron chi connectivity index (χ4n) is 3.43. The van der Waals surface area contributed by atoms with Crippen molar-refractivity contribution in [2.75, 3.05) is 13.1 Å². The highest BCUT2D eigenvalue weighted by Crippen LogP contribution is 2.29. The number of fused-ring (bicyclic) bond motifs is 1. The molecule has 104 valence electrons. The first-order chi connectivity index (χ1) is 9.25. The van der Waals surface area contributed by atoms with E-state index >= 15 is 0 Å². The predicted molar refractivity (Wildman–Crippen MR) is 77.6 cm³/mol. The SMILES string of the molecule is Oc1c(Cl)cccc1CNC1CCN2CCCCC12. The minimum absolute atomic E-state index is 0.218. The Morgan fingerprint density at radius 1 is 1.26 bits per heavy atom. The smallest absolute Gasteiger partial charge is 0.138 e. The van der Waals surface area contributed by atoms with Gasteiger partial charge in [0.25, 0.3) is 0 Å². The van der Waals surface area contributed by atoms with Crippen molar-refractivity contribution in [2.24, 2.45) is 0 Å². The Hall–Kier alpha value is -0.770. The first kappa shape index (κ1) is 13.2. The van der Waals surface area contributed by atoms with Crippen molar-refractivity contribution >= 4 is 11.6 Å². The minimum Gasteiger partial charge on any atom is -0.506 e. The maximum Gasteiger partial charge on any atom is 0.138 e. The van der Waals surface area contributed by atoms with Crippen LogP contribution in [0.4, 0.5) is 0 Å². The van der Waals surface area contributed by atoms with Gasteiger partial charge in [0.05, 0.1) is 5.02 Å². The second kappa shape index (κ2) is 5.70. The normalized spacial score (nSPS) is 27.4. The van der Waals surface area contributed by atoms with Crippen molar-refractivity contribution in [3.8, 4) is 5.75 Å². The van der Waals surface area contributed by atoms with E-state index in [1.165, 1.54) is 38.8 Å². The van der Waals surface area contributed by atoms with Crippen molar-refractivity contribution < 1.29 is 5.11 Å². The van der Waals surface area contributed by atoms with E-state index in [0.717, 1.165) is 5.56 Å². The summed E-state index contributed by atoms with van der Waals surface area (Å²) in [7, 11) is 0. The van der Waals surface area contributed by atoms with E-state index in [4.69, 9.17) is 11.6 Å². The van der Waals surface area contributed by atoms with E-state index in [1.807, 2.05) is 12.1 Å². The highest BCUT2D eigenvalue weighted by Gasteiger charge is 2.34. The van der Waals surface area contributed by atoms with Gasteiger partial charge in [-0.1, -0.05) is 30.2 Å². The van der Waals surface area contributed by atoms with Gasteiger partial charge in [0.2, 0.25) is 0 Å². The molecule has 1 aromatic carbocycles. The molecule has 19 heavy (non-hydrogen) atoms. The van der Waals surface area contributed by atoms with Gasteiger partial charge < -0.3 is 10.4 Å². The van der Waals surface area contributed by atoms with Gasteiger partial charge in [0, 0.05) is 30.7 Å². The van der Waals surface area contributed by atoms with E-state index in [9.17, 15) is 5.11 Å². The van der Waals surface area contributed by atoms with Crippen LogP contribution in [0.15, 0.2) is 18.2 Å². The van der Waals surface area contributed by atoms with Crippen LogP contribution in [0, 0.1) is 0 Å². The van der Waals surface area contributed by atoms with Crippen LogP contribution in [0.1, 0.15) is 31.2 Å². The molecule has 2 aliphatic rings. The zero-order valence-corrected chi connectivity index (χ0v) is 11.9. The monoisotopic (exact) mass is 280 g/mol. The van der Waals surface area contributed by atoms with Gasteiger partial charge in [0.1, 0.15) is 5.75 Å². The molecule has 2 N–H and O–H groups in total. The molecule has 0 radical (unpaired) electrons. The van der Waals surface area contributed by atoms with E-state index in [1.54, 1.807) is 6.07 Å². The van der Waals surface area contributed by atoms with Gasteiger partial charge in [-0.15, -0.1) is 0 Å². The molecule has 0 aliphatic carbocycles. The summed E-state index contributed by atoms with van der Waals surface area (Å²) in [6.45, 7) is 3.16. The highest BCUT2D eigenvalue weighted by atomic mass is 35.5. The topological polar surface area (TPSA) is 35.5 Å². The third-order valence-electron chi connectivity index (χ3n) is 4.48. The van der Waals surface area contributed by atoms with Crippen LogP contribution in [0.25, 0.3) is 0 Å². The van der Waals surface area contributed by atoms with Crippen LogP contribution in [0.3, 0.4) is 0 Å². The molecule has 0 aromatic heterocycles. The molecule has 0 saturated carbocycles. The Morgan fingerprint density at radius 3 is 3.05 bits per heavy atom. The summed E-state index contributed by atoms with van der Waals surface area (Å²) < 4.78 is 0. The second-order valence-electron chi connectivity index (χ2n) is 5.62. The average molecular weight is 281 g/mol. The molecule has 0 amide bonds. The number of nitrogens with one attached hydrogen (secondary N) is 1. The van der Waals surface area contributed by atoms with E-state index in [-0.39, 0.29) is 5.75 Å². The summed E-state index contributed by atoms with van der Waals surface area (Å²) in [4.78, 5) is 2.61. The van der Waals surface area contributed by atoms with Gasteiger partial charge in [-0.05, 0) is 31.9 Å². The first-order valence-corrected chi connectivity index (χ1v) is 7.57. The summed E-state index contributed by atoms with van der Waals surface area (Å²) in [5, 5.41) is 14.0. The standard InChI is InChI=1S/C15H21ClN2O/c16-12-5-3-4-11(15(12)19)10-17-13-7-9-18-8-2-1-6-14(13)18/h3-5,13-14,17,19H,1-2,6-10H2. The molecule has 0 bridgehead atoms. The Balaban J connectivity index is 1.62. The second-order valence-corrected chi connectivity index (χ2v) is 6.03. The number of halogens is 1. The molecule has 2 saturated heterocycles. The first-order valence-electron chi connectivity index (χ1n) is 7.19. The van der Waals surface area contributed by atoms with Crippen LogP contribution in [0.2, 0.25) is 5.02 Å². The third-order valence-corrected chi connectivity index (χ3v) is 4.79. The fraction of sp³-hybridized carbons (Fsp3) is 0.600. The zero-order chi connectivity index (χ0) is 13.2. The molecule has 0 spiro atoms. The average Bonchev–Trinajstić information content (AvgIpc) is 2.84.